The number of anilines is 1. The van der Waals surface area contributed by atoms with Gasteiger partial charge in [0.1, 0.15) is 5.82 Å². The number of rotatable bonds is 8. The number of hydrogen-bond donors (Lipinski definition) is 4. The number of aliphatic imine (C=N–C) groups is 1. The molecule has 1 heterocycles. The van der Waals surface area contributed by atoms with Crippen molar-refractivity contribution in [3.05, 3.63) is 65.5 Å². The van der Waals surface area contributed by atoms with Crippen molar-refractivity contribution in [1.82, 2.24) is 15.3 Å². The van der Waals surface area contributed by atoms with E-state index in [1.165, 1.54) is 5.56 Å². The Labute approximate surface area is 206 Å². The second-order valence-corrected chi connectivity index (χ2v) is 9.47. The molecule has 4 rings (SSSR count). The standard InChI is InChI=1S/C27H35N7O/c1-17-12-15-21-20(16-17)24(32-22-10-6-7-11-23(22)33-27(28)29)34-25(31-21)26(35)30-18(2)13-14-19-8-4-3-5-9-19/h3-5,8-9,12,15-16,18,22-23H,6-7,10-11,13-14H2,1-2H3,(H,30,35)(H4,28,29,33)(H,31,32,34). The van der Waals surface area contributed by atoms with Gasteiger partial charge >= 0.3 is 0 Å². The highest BCUT2D eigenvalue weighted by Crippen LogP contribution is 2.28. The minimum absolute atomic E-state index is 0.0129. The second kappa shape index (κ2) is 11.2. The average molecular weight is 474 g/mol. The Hall–Kier alpha value is -3.68. The SMILES string of the molecule is Cc1ccc2nc(C(=O)NC(C)CCc3ccccc3)nc(NC3CCCCC3N=C(N)N)c2c1. The van der Waals surface area contributed by atoms with E-state index in [1.807, 2.05) is 50.2 Å². The maximum absolute atomic E-state index is 13.1. The maximum atomic E-state index is 13.1. The van der Waals surface area contributed by atoms with Gasteiger partial charge in [-0.2, -0.15) is 0 Å². The van der Waals surface area contributed by atoms with Crippen LogP contribution in [0.25, 0.3) is 10.9 Å². The quantitative estimate of drug-likeness (QED) is 0.291. The van der Waals surface area contributed by atoms with Crippen LogP contribution < -0.4 is 22.1 Å². The van der Waals surface area contributed by atoms with Crippen molar-refractivity contribution in [2.75, 3.05) is 5.32 Å². The first-order chi connectivity index (χ1) is 16.9. The minimum atomic E-state index is -0.277. The number of guanidine groups is 1. The first-order valence-electron chi connectivity index (χ1n) is 12.4. The summed E-state index contributed by atoms with van der Waals surface area (Å²) in [5, 5.41) is 7.50. The summed E-state index contributed by atoms with van der Waals surface area (Å²) < 4.78 is 0. The summed E-state index contributed by atoms with van der Waals surface area (Å²) in [5.74, 6) is 0.616. The molecule has 35 heavy (non-hydrogen) atoms. The molecule has 8 heteroatoms. The predicted octanol–water partition coefficient (Wildman–Crippen LogP) is 3.69. The van der Waals surface area contributed by atoms with Gasteiger partial charge in [0.15, 0.2) is 5.96 Å². The topological polar surface area (TPSA) is 131 Å². The Balaban J connectivity index is 1.55. The molecule has 0 radical (unpaired) electrons. The van der Waals surface area contributed by atoms with Gasteiger partial charge in [-0.15, -0.1) is 0 Å². The Kier molecular flexibility index (Phi) is 7.80. The highest BCUT2D eigenvalue weighted by atomic mass is 16.2. The van der Waals surface area contributed by atoms with Gasteiger partial charge in [0.25, 0.3) is 5.91 Å². The molecule has 0 spiro atoms. The van der Waals surface area contributed by atoms with Crippen LogP contribution in [-0.4, -0.2) is 40.0 Å². The van der Waals surface area contributed by atoms with E-state index in [9.17, 15) is 4.79 Å². The van der Waals surface area contributed by atoms with E-state index in [4.69, 9.17) is 11.5 Å². The van der Waals surface area contributed by atoms with Crippen LogP contribution in [-0.2, 0) is 6.42 Å². The number of amides is 1. The van der Waals surface area contributed by atoms with Gasteiger partial charge in [0, 0.05) is 11.4 Å². The van der Waals surface area contributed by atoms with E-state index in [1.54, 1.807) is 0 Å². The van der Waals surface area contributed by atoms with E-state index in [0.717, 1.165) is 55.0 Å². The molecule has 0 bridgehead atoms. The number of fused-ring (bicyclic) bond motifs is 1. The lowest BCUT2D eigenvalue weighted by atomic mass is 9.90. The molecule has 1 fully saturated rings. The van der Waals surface area contributed by atoms with Crippen molar-refractivity contribution < 1.29 is 4.79 Å². The van der Waals surface area contributed by atoms with Crippen LogP contribution >= 0.6 is 0 Å². The third-order valence-corrected chi connectivity index (χ3v) is 6.51. The van der Waals surface area contributed by atoms with Gasteiger partial charge in [0.2, 0.25) is 5.82 Å². The smallest absolute Gasteiger partial charge is 0.289 e. The summed E-state index contributed by atoms with van der Waals surface area (Å²) in [4.78, 5) is 26.8. The molecule has 1 aliphatic rings. The van der Waals surface area contributed by atoms with E-state index in [2.05, 4.69) is 37.7 Å². The predicted molar refractivity (Wildman–Crippen MR) is 141 cm³/mol. The Morgan fingerprint density at radius 2 is 1.89 bits per heavy atom. The Bertz CT molecular complexity index is 1190. The molecule has 0 aliphatic heterocycles. The van der Waals surface area contributed by atoms with E-state index in [0.29, 0.717) is 5.82 Å². The fraction of sp³-hybridized carbons (Fsp3) is 0.407. The number of nitrogens with two attached hydrogens (primary N) is 2. The molecular formula is C27H35N7O. The molecule has 184 valence electrons. The van der Waals surface area contributed by atoms with Gasteiger partial charge in [0.05, 0.1) is 17.6 Å². The van der Waals surface area contributed by atoms with E-state index >= 15 is 0 Å². The first-order valence-corrected chi connectivity index (χ1v) is 12.4. The van der Waals surface area contributed by atoms with Crippen LogP contribution in [0.4, 0.5) is 5.82 Å². The monoisotopic (exact) mass is 473 g/mol. The summed E-state index contributed by atoms with van der Waals surface area (Å²) >= 11 is 0. The molecule has 3 aromatic rings. The average Bonchev–Trinajstić information content (AvgIpc) is 2.84. The molecule has 1 aliphatic carbocycles. The highest BCUT2D eigenvalue weighted by Gasteiger charge is 2.26. The number of nitrogens with zero attached hydrogens (tertiary/aromatic N) is 3. The molecular weight excluding hydrogens is 438 g/mol. The lowest BCUT2D eigenvalue weighted by Crippen LogP contribution is -2.39. The third-order valence-electron chi connectivity index (χ3n) is 6.51. The first kappa shape index (κ1) is 24.4. The Morgan fingerprint density at radius 1 is 1.11 bits per heavy atom. The van der Waals surface area contributed by atoms with Crippen molar-refractivity contribution in [3.63, 3.8) is 0 Å². The third kappa shape index (κ3) is 6.47. The number of carbonyl (C=O) groups is 1. The molecule has 6 N–H and O–H groups in total. The summed E-state index contributed by atoms with van der Waals surface area (Å²) in [6, 6.07) is 16.2. The molecule has 2 aromatic carbocycles. The van der Waals surface area contributed by atoms with Crippen molar-refractivity contribution in [2.45, 2.75) is 70.5 Å². The van der Waals surface area contributed by atoms with Crippen LogP contribution in [0.1, 0.15) is 60.8 Å². The molecule has 8 nitrogen and oxygen atoms in total. The van der Waals surface area contributed by atoms with Gasteiger partial charge in [-0.05, 0) is 57.2 Å². The van der Waals surface area contributed by atoms with Crippen LogP contribution in [0, 0.1) is 6.92 Å². The number of aromatic nitrogens is 2. The van der Waals surface area contributed by atoms with Gasteiger partial charge in [-0.3, -0.25) is 4.79 Å². The fourth-order valence-electron chi connectivity index (χ4n) is 4.64. The summed E-state index contributed by atoms with van der Waals surface area (Å²) in [6.45, 7) is 4.04. The zero-order chi connectivity index (χ0) is 24.8. The van der Waals surface area contributed by atoms with Crippen LogP contribution in [0.15, 0.2) is 53.5 Å². The summed E-state index contributed by atoms with van der Waals surface area (Å²) in [6.07, 6.45) is 5.72. The van der Waals surface area contributed by atoms with Crippen molar-refractivity contribution in [1.29, 1.82) is 0 Å². The fourth-order valence-corrected chi connectivity index (χ4v) is 4.64. The normalized spacial score (nSPS) is 18.6. The minimum Gasteiger partial charge on any atom is -0.370 e. The molecule has 1 aromatic heterocycles. The van der Waals surface area contributed by atoms with Gasteiger partial charge in [-0.25, -0.2) is 15.0 Å². The van der Waals surface area contributed by atoms with Gasteiger partial charge in [-0.1, -0.05) is 54.8 Å². The number of benzene rings is 2. The molecule has 1 amide bonds. The highest BCUT2D eigenvalue weighted by molar-refractivity contribution is 5.96. The van der Waals surface area contributed by atoms with Crippen LogP contribution in [0.2, 0.25) is 0 Å². The molecule has 1 saturated carbocycles. The summed E-state index contributed by atoms with van der Waals surface area (Å²) in [5.41, 5.74) is 14.4. The van der Waals surface area contributed by atoms with E-state index in [-0.39, 0.29) is 35.8 Å². The zero-order valence-electron chi connectivity index (χ0n) is 20.5. The van der Waals surface area contributed by atoms with Crippen LogP contribution in [0.5, 0.6) is 0 Å². The molecule has 3 unspecified atom stereocenters. The number of aryl methyl sites for hydroxylation is 2. The van der Waals surface area contributed by atoms with Gasteiger partial charge < -0.3 is 22.1 Å². The second-order valence-electron chi connectivity index (χ2n) is 9.47. The van der Waals surface area contributed by atoms with Crippen molar-refractivity contribution in [3.8, 4) is 0 Å². The zero-order valence-corrected chi connectivity index (χ0v) is 20.5. The molecule has 3 atom stereocenters. The number of hydrogen-bond acceptors (Lipinski definition) is 5. The Morgan fingerprint density at radius 3 is 2.66 bits per heavy atom. The number of nitrogens with one attached hydrogen (secondary N) is 2. The maximum Gasteiger partial charge on any atom is 0.289 e. The van der Waals surface area contributed by atoms with Crippen molar-refractivity contribution >= 4 is 28.6 Å². The van der Waals surface area contributed by atoms with Crippen molar-refractivity contribution in [2.24, 2.45) is 16.5 Å². The van der Waals surface area contributed by atoms with E-state index < -0.39 is 0 Å². The lowest BCUT2D eigenvalue weighted by molar-refractivity contribution is 0.0928. The molecule has 0 saturated heterocycles. The largest absolute Gasteiger partial charge is 0.370 e. The summed E-state index contributed by atoms with van der Waals surface area (Å²) in [7, 11) is 0. The lowest BCUT2D eigenvalue weighted by Gasteiger charge is -2.30. The number of carbonyl (C=O) groups excluding carboxylic acids is 1. The van der Waals surface area contributed by atoms with Crippen LogP contribution in [0.3, 0.4) is 0 Å².